The van der Waals surface area contributed by atoms with E-state index in [0.717, 1.165) is 17.8 Å². The van der Waals surface area contributed by atoms with Crippen molar-refractivity contribution < 1.29 is 0 Å². The molecule has 0 aromatic carbocycles. The average molecular weight is 637 g/mol. The molecule has 0 radical (unpaired) electrons. The monoisotopic (exact) mass is 637 g/mol. The summed E-state index contributed by atoms with van der Waals surface area (Å²) in [7, 11) is 0. The minimum absolute atomic E-state index is 0.318. The Hall–Kier alpha value is 0. The maximum absolute atomic E-state index is 2.47. The van der Waals surface area contributed by atoms with Gasteiger partial charge in [0.25, 0.3) is 0 Å². The summed E-state index contributed by atoms with van der Waals surface area (Å²) in [5.41, 5.74) is 3.93. The summed E-state index contributed by atoms with van der Waals surface area (Å²) < 4.78 is 0. The third-order valence-corrected chi connectivity index (χ3v) is 12.6. The van der Waals surface area contributed by atoms with E-state index in [1.165, 1.54) is 38.5 Å². The van der Waals surface area contributed by atoms with Crippen LogP contribution < -0.4 is 0 Å². The van der Waals surface area contributed by atoms with Gasteiger partial charge in [0, 0.05) is 0 Å². The first-order valence-electron chi connectivity index (χ1n) is 19.4. The van der Waals surface area contributed by atoms with Crippen LogP contribution in [0.15, 0.2) is 0 Å². The van der Waals surface area contributed by atoms with E-state index in [1.807, 2.05) is 0 Å². The highest BCUT2D eigenvalue weighted by molar-refractivity contribution is 5.08. The predicted molar refractivity (Wildman–Crippen MR) is 213 cm³/mol. The van der Waals surface area contributed by atoms with Crippen molar-refractivity contribution in [3.8, 4) is 0 Å². The van der Waals surface area contributed by atoms with Gasteiger partial charge < -0.3 is 0 Å². The molecule has 0 unspecified atom stereocenters. The Morgan fingerprint density at radius 3 is 0.889 bits per heavy atom. The van der Waals surface area contributed by atoms with Crippen molar-refractivity contribution in [3.63, 3.8) is 0 Å². The summed E-state index contributed by atoms with van der Waals surface area (Å²) in [4.78, 5) is 0. The molecule has 0 N–H and O–H groups in total. The van der Waals surface area contributed by atoms with Crippen molar-refractivity contribution in [1.29, 1.82) is 0 Å². The fourth-order valence-corrected chi connectivity index (χ4v) is 8.56. The van der Waals surface area contributed by atoms with Gasteiger partial charge in [0.05, 0.1) is 0 Å². The molecule has 3 rings (SSSR count). The van der Waals surface area contributed by atoms with Crippen molar-refractivity contribution in [2.45, 2.75) is 225 Å². The summed E-state index contributed by atoms with van der Waals surface area (Å²) >= 11 is 0. The van der Waals surface area contributed by atoms with E-state index in [-0.39, 0.29) is 0 Å². The number of hydrogen-bond acceptors (Lipinski definition) is 0. The van der Waals surface area contributed by atoms with Crippen molar-refractivity contribution in [1.82, 2.24) is 0 Å². The minimum Gasteiger partial charge on any atom is -0.0656 e. The molecule has 2 bridgehead atoms. The highest BCUT2D eigenvalue weighted by Gasteiger charge is 2.59. The molecular weight excluding hydrogens is 540 g/mol. The van der Waals surface area contributed by atoms with Gasteiger partial charge in [-0.05, 0) is 92.2 Å². The molecular formula is C45H96. The maximum Gasteiger partial charge on any atom is -0.0249 e. The van der Waals surface area contributed by atoms with Crippen molar-refractivity contribution in [3.05, 3.63) is 0 Å². The smallest absolute Gasteiger partial charge is 0.0249 e. The van der Waals surface area contributed by atoms with Gasteiger partial charge in [-0.3, -0.25) is 0 Å². The molecule has 3 atom stereocenters. The quantitative estimate of drug-likeness (QED) is 0.289. The van der Waals surface area contributed by atoms with Gasteiger partial charge in [0.1, 0.15) is 0 Å². The van der Waals surface area contributed by atoms with Crippen LogP contribution in [0.1, 0.15) is 225 Å². The topological polar surface area (TPSA) is 0 Å². The average Bonchev–Trinajstić information content (AvgIpc) is 2.72. The Labute approximate surface area is 291 Å². The second kappa shape index (κ2) is 17.1. The lowest BCUT2D eigenvalue weighted by Gasteiger charge is -2.66. The lowest BCUT2D eigenvalue weighted by molar-refractivity contribution is -0.170. The molecule has 0 saturated heterocycles. The third-order valence-electron chi connectivity index (χ3n) is 12.6. The highest BCUT2D eigenvalue weighted by Crippen LogP contribution is 2.67. The molecule has 0 nitrogen and oxygen atoms in total. The van der Waals surface area contributed by atoms with Crippen LogP contribution in [0.5, 0.6) is 0 Å². The molecule has 0 aliphatic heterocycles. The van der Waals surface area contributed by atoms with Crippen molar-refractivity contribution in [2.24, 2.45) is 66.5 Å². The summed E-state index contributed by atoms with van der Waals surface area (Å²) in [5.74, 6) is 2.96. The van der Waals surface area contributed by atoms with E-state index in [1.54, 1.807) is 0 Å². The van der Waals surface area contributed by atoms with E-state index in [0.29, 0.717) is 48.7 Å². The second-order valence-corrected chi connectivity index (χ2v) is 23.1. The van der Waals surface area contributed by atoms with Crippen LogP contribution in [0.25, 0.3) is 0 Å². The summed E-state index contributed by atoms with van der Waals surface area (Å²) in [6.07, 6.45) is 8.08. The molecule has 3 aliphatic carbocycles. The van der Waals surface area contributed by atoms with Crippen LogP contribution in [-0.2, 0) is 0 Å². The van der Waals surface area contributed by atoms with Crippen LogP contribution in [-0.4, -0.2) is 0 Å². The zero-order valence-electron chi connectivity index (χ0n) is 37.5. The van der Waals surface area contributed by atoms with Gasteiger partial charge in [-0.25, -0.2) is 0 Å². The van der Waals surface area contributed by atoms with Crippen LogP contribution in [0.3, 0.4) is 0 Å². The first-order chi connectivity index (χ1) is 19.4. The van der Waals surface area contributed by atoms with E-state index < -0.39 is 0 Å². The number of rotatable bonds is 3. The highest BCUT2D eigenvalue weighted by atomic mass is 14.6. The Balaban J connectivity index is -0.000000539. The number of hydrogen-bond donors (Lipinski definition) is 0. The maximum atomic E-state index is 2.47. The molecule has 3 aliphatic rings. The lowest BCUT2D eigenvalue weighted by atomic mass is 9.39. The van der Waals surface area contributed by atoms with E-state index in [9.17, 15) is 0 Å². The molecule has 0 aromatic rings. The van der Waals surface area contributed by atoms with E-state index >= 15 is 0 Å². The van der Waals surface area contributed by atoms with E-state index in [4.69, 9.17) is 0 Å². The molecule has 0 heteroatoms. The summed E-state index contributed by atoms with van der Waals surface area (Å²) in [6.45, 7) is 63.3. The zero-order chi connectivity index (χ0) is 37.5. The van der Waals surface area contributed by atoms with E-state index in [2.05, 4.69) is 187 Å². The van der Waals surface area contributed by atoms with Crippen LogP contribution in [0.2, 0.25) is 0 Å². The van der Waals surface area contributed by atoms with Gasteiger partial charge >= 0.3 is 0 Å². The number of fused-ring (bicyclic) bond motifs is 2. The summed E-state index contributed by atoms with van der Waals surface area (Å²) in [6, 6.07) is 0. The molecule has 3 fully saturated rings. The van der Waals surface area contributed by atoms with Crippen LogP contribution in [0, 0.1) is 66.5 Å². The molecule has 0 aromatic heterocycles. The zero-order valence-corrected chi connectivity index (χ0v) is 37.5. The largest absolute Gasteiger partial charge is 0.0656 e. The molecule has 0 spiro atoms. The molecule has 0 heterocycles. The summed E-state index contributed by atoms with van der Waals surface area (Å²) in [5, 5.41) is 0. The van der Waals surface area contributed by atoms with Gasteiger partial charge in [0.2, 0.25) is 0 Å². The first kappa shape index (κ1) is 49.4. The van der Waals surface area contributed by atoms with Gasteiger partial charge in [-0.15, -0.1) is 0 Å². The molecule has 0 amide bonds. The fraction of sp³-hybridized carbons (Fsp3) is 1.00. The molecule has 3 saturated carbocycles. The third kappa shape index (κ3) is 15.4. The predicted octanol–water partition coefficient (Wildman–Crippen LogP) is 16.6. The van der Waals surface area contributed by atoms with Gasteiger partial charge in [-0.2, -0.15) is 0 Å². The Bertz CT molecular complexity index is 741. The van der Waals surface area contributed by atoms with Gasteiger partial charge in [0.15, 0.2) is 0 Å². The standard InChI is InChI=1S/C14H30.C13H28.C12H22.2C3H8/c1-11(2,3)13(7,8)14(9,10)12(4,5)6;1-11(2,3)9-13(7,8)10-12(4,5)6;1-8-6-9-7-10(11(8,2)3)12(9,4)5;2*1-3-2/h1-10H3;9-10H2,1-8H3;8-10H,6-7H2,1-5H3;2*3H2,1-2H3/t;;8-,9-,10-;;/m..1../s1. The van der Waals surface area contributed by atoms with Crippen LogP contribution >= 0.6 is 0 Å². The normalized spacial score (nSPS) is 22.9. The lowest BCUT2D eigenvalue weighted by Crippen LogP contribution is -2.58. The first-order valence-corrected chi connectivity index (χ1v) is 19.4. The second-order valence-electron chi connectivity index (χ2n) is 23.1. The SMILES string of the molecule is CC(C)(C)C(C)(C)C(C)(C)C(C)(C)C.CC(C)(C)CC(C)(C)CC(C)(C)C.CCC.CCC.C[C@@H]1C[C@@H]2C[C@@H](C2(C)C)C1(C)C. The molecule has 45 heavy (non-hydrogen) atoms. The Morgan fingerprint density at radius 2 is 0.733 bits per heavy atom. The van der Waals surface area contributed by atoms with Gasteiger partial charge in [-0.1, -0.05) is 200 Å². The Kier molecular flexibility index (Phi) is 18.8. The molecule has 276 valence electrons. The minimum atomic E-state index is 0.318. The fourth-order valence-electron chi connectivity index (χ4n) is 8.56. The van der Waals surface area contributed by atoms with Crippen molar-refractivity contribution >= 4 is 0 Å². The van der Waals surface area contributed by atoms with Crippen molar-refractivity contribution in [2.75, 3.05) is 0 Å². The Morgan fingerprint density at radius 1 is 0.467 bits per heavy atom. The van der Waals surface area contributed by atoms with Crippen LogP contribution in [0.4, 0.5) is 0 Å².